The van der Waals surface area contributed by atoms with Gasteiger partial charge in [0, 0.05) is 11.6 Å². The van der Waals surface area contributed by atoms with Gasteiger partial charge in [0.2, 0.25) is 0 Å². The van der Waals surface area contributed by atoms with Gasteiger partial charge in [-0.25, -0.2) is 19.3 Å². The van der Waals surface area contributed by atoms with Crippen LogP contribution in [-0.2, 0) is 0 Å². The lowest BCUT2D eigenvalue weighted by Crippen LogP contribution is -2.16. The number of rotatable bonds is 7. The lowest BCUT2D eigenvalue weighted by molar-refractivity contribution is 0.0997. The molecule has 0 aliphatic rings. The highest BCUT2D eigenvalue weighted by Crippen LogP contribution is 2.30. The maximum Gasteiger partial charge on any atom is 0.332 e. The van der Waals surface area contributed by atoms with E-state index in [1.807, 2.05) is 6.92 Å². The molecule has 2 aromatic carbocycles. The summed E-state index contributed by atoms with van der Waals surface area (Å²) >= 11 is 0. The molecule has 4 aromatic rings. The number of aromatic amines is 1. The van der Waals surface area contributed by atoms with Gasteiger partial charge in [0.15, 0.2) is 17.2 Å². The van der Waals surface area contributed by atoms with E-state index in [0.29, 0.717) is 35.1 Å². The average molecular weight is 435 g/mol. The number of imidazole rings is 1. The summed E-state index contributed by atoms with van der Waals surface area (Å²) in [6.07, 6.45) is 0. The van der Waals surface area contributed by atoms with Gasteiger partial charge >= 0.3 is 5.69 Å². The number of methoxy groups -OCH3 is 2. The molecule has 2 heterocycles. The minimum absolute atomic E-state index is 0.0952. The Kier molecular flexibility index (Phi) is 5.50. The number of nitrogens with one attached hydrogen (secondary N) is 1. The van der Waals surface area contributed by atoms with E-state index in [2.05, 4.69) is 15.0 Å². The van der Waals surface area contributed by atoms with Crippen LogP contribution < -0.4 is 25.6 Å². The Morgan fingerprint density at radius 2 is 1.78 bits per heavy atom. The molecule has 164 valence electrons. The van der Waals surface area contributed by atoms with Gasteiger partial charge in [0.1, 0.15) is 22.8 Å². The van der Waals surface area contributed by atoms with Gasteiger partial charge in [-0.15, -0.1) is 0 Å². The Balaban J connectivity index is 1.97. The molecule has 0 unspecified atom stereocenters. The van der Waals surface area contributed by atoms with Crippen LogP contribution in [0.4, 0.5) is 0 Å². The third-order valence-electron chi connectivity index (χ3n) is 4.82. The maximum atomic E-state index is 12.9. The Morgan fingerprint density at radius 1 is 1.06 bits per heavy atom. The highest BCUT2D eigenvalue weighted by molar-refractivity contribution is 6.02. The Bertz CT molecular complexity index is 1360. The molecule has 2 aromatic heterocycles. The Morgan fingerprint density at radius 3 is 2.41 bits per heavy atom. The van der Waals surface area contributed by atoms with E-state index in [1.54, 1.807) is 42.5 Å². The molecular formula is C22H21N5O5. The maximum absolute atomic E-state index is 12.9. The number of nitrogens with zero attached hydrogens (tertiary/aromatic N) is 3. The van der Waals surface area contributed by atoms with Crippen LogP contribution in [0.3, 0.4) is 0 Å². The van der Waals surface area contributed by atoms with Crippen molar-refractivity contribution in [3.8, 4) is 34.3 Å². The summed E-state index contributed by atoms with van der Waals surface area (Å²) in [5, 5.41) is 0. The number of nitrogens with two attached hydrogens (primary N) is 1. The molecule has 0 atom stereocenters. The van der Waals surface area contributed by atoms with Crippen molar-refractivity contribution in [2.24, 2.45) is 5.73 Å². The second-order valence-corrected chi connectivity index (χ2v) is 6.72. The number of ether oxygens (including phenoxy) is 3. The van der Waals surface area contributed by atoms with Gasteiger partial charge in [-0.1, -0.05) is 0 Å². The van der Waals surface area contributed by atoms with E-state index < -0.39 is 11.6 Å². The first-order chi connectivity index (χ1) is 15.5. The Labute approximate surface area is 182 Å². The molecule has 0 aliphatic carbocycles. The number of carbonyl (C=O) groups excluding carboxylic acids is 1. The number of carbonyl (C=O) groups is 1. The van der Waals surface area contributed by atoms with Crippen molar-refractivity contribution in [3.63, 3.8) is 0 Å². The lowest BCUT2D eigenvalue weighted by atomic mass is 10.2. The van der Waals surface area contributed by atoms with Gasteiger partial charge in [-0.3, -0.25) is 4.79 Å². The summed E-state index contributed by atoms with van der Waals surface area (Å²) < 4.78 is 17.4. The average Bonchev–Trinajstić information content (AvgIpc) is 3.13. The number of hydrogen-bond acceptors (Lipinski definition) is 7. The third kappa shape index (κ3) is 3.62. The normalized spacial score (nSPS) is 10.8. The fraction of sp³-hybridized carbons (Fsp3) is 0.182. The van der Waals surface area contributed by atoms with Crippen LogP contribution in [0, 0.1) is 0 Å². The number of hydrogen-bond donors (Lipinski definition) is 2. The molecule has 0 fully saturated rings. The van der Waals surface area contributed by atoms with Crippen molar-refractivity contribution in [3.05, 3.63) is 58.6 Å². The van der Waals surface area contributed by atoms with E-state index in [0.717, 1.165) is 0 Å². The molecule has 0 radical (unpaired) electrons. The number of benzene rings is 2. The van der Waals surface area contributed by atoms with E-state index in [-0.39, 0.29) is 22.7 Å². The van der Waals surface area contributed by atoms with Crippen LogP contribution in [0.1, 0.15) is 17.4 Å². The van der Waals surface area contributed by atoms with E-state index in [1.165, 1.54) is 18.8 Å². The van der Waals surface area contributed by atoms with Gasteiger partial charge in [-0.05, 0) is 43.3 Å². The second kappa shape index (κ2) is 8.42. The Hall–Kier alpha value is -4.34. The fourth-order valence-electron chi connectivity index (χ4n) is 3.35. The van der Waals surface area contributed by atoms with Gasteiger partial charge in [0.25, 0.3) is 5.91 Å². The molecule has 10 nitrogen and oxygen atoms in total. The summed E-state index contributed by atoms with van der Waals surface area (Å²) in [5.41, 5.74) is 6.30. The van der Waals surface area contributed by atoms with Crippen LogP contribution in [-0.4, -0.2) is 46.3 Å². The minimum atomic E-state index is -0.792. The van der Waals surface area contributed by atoms with E-state index in [9.17, 15) is 9.59 Å². The second-order valence-electron chi connectivity index (χ2n) is 6.72. The predicted molar refractivity (Wildman–Crippen MR) is 118 cm³/mol. The first-order valence-corrected chi connectivity index (χ1v) is 9.75. The molecular weight excluding hydrogens is 414 g/mol. The van der Waals surface area contributed by atoms with Crippen molar-refractivity contribution in [1.29, 1.82) is 0 Å². The highest BCUT2D eigenvalue weighted by atomic mass is 16.5. The number of aromatic nitrogens is 4. The van der Waals surface area contributed by atoms with Gasteiger partial charge < -0.3 is 24.9 Å². The topological polar surface area (TPSA) is 134 Å². The third-order valence-corrected chi connectivity index (χ3v) is 4.82. The zero-order valence-electron chi connectivity index (χ0n) is 17.7. The zero-order chi connectivity index (χ0) is 22.8. The molecule has 0 saturated heterocycles. The van der Waals surface area contributed by atoms with Crippen LogP contribution in [0.15, 0.2) is 47.3 Å². The minimum Gasteiger partial charge on any atom is -0.497 e. The standard InChI is InChI=1S/C22H21N5O5/c1-4-32-13-7-5-12(6-8-13)20-24-17(19(23)28)18-21(26-20)27(22(29)25-18)15-10-9-14(30-2)11-16(15)31-3/h5-11H,4H2,1-3H3,(H2,23,28)(H,25,29). The van der Waals surface area contributed by atoms with Crippen molar-refractivity contribution < 1.29 is 19.0 Å². The molecule has 10 heteroatoms. The quantitative estimate of drug-likeness (QED) is 0.455. The first kappa shape index (κ1) is 20.9. The molecule has 0 aliphatic heterocycles. The van der Waals surface area contributed by atoms with Crippen molar-refractivity contribution in [2.45, 2.75) is 6.92 Å². The van der Waals surface area contributed by atoms with Gasteiger partial charge in [0.05, 0.1) is 26.5 Å². The number of primary amides is 1. The molecule has 3 N–H and O–H groups in total. The van der Waals surface area contributed by atoms with E-state index in [4.69, 9.17) is 19.9 Å². The summed E-state index contributed by atoms with van der Waals surface area (Å²) in [6.45, 7) is 2.43. The van der Waals surface area contributed by atoms with Crippen molar-refractivity contribution in [1.82, 2.24) is 19.5 Å². The number of amides is 1. The van der Waals surface area contributed by atoms with E-state index >= 15 is 0 Å². The summed E-state index contributed by atoms with van der Waals surface area (Å²) in [5.74, 6) is 1.07. The van der Waals surface area contributed by atoms with Crippen LogP contribution in [0.2, 0.25) is 0 Å². The molecule has 0 spiro atoms. The number of H-pyrrole nitrogens is 1. The zero-order valence-corrected chi connectivity index (χ0v) is 17.7. The largest absolute Gasteiger partial charge is 0.497 e. The van der Waals surface area contributed by atoms with Crippen molar-refractivity contribution >= 4 is 17.1 Å². The van der Waals surface area contributed by atoms with Crippen molar-refractivity contribution in [2.75, 3.05) is 20.8 Å². The lowest BCUT2D eigenvalue weighted by Gasteiger charge is -2.11. The molecule has 32 heavy (non-hydrogen) atoms. The smallest absolute Gasteiger partial charge is 0.332 e. The highest BCUT2D eigenvalue weighted by Gasteiger charge is 2.22. The monoisotopic (exact) mass is 435 g/mol. The number of fused-ring (bicyclic) bond motifs is 1. The predicted octanol–water partition coefficient (Wildman–Crippen LogP) is 2.29. The molecule has 0 bridgehead atoms. The summed E-state index contributed by atoms with van der Waals surface area (Å²) in [6, 6.07) is 12.1. The summed E-state index contributed by atoms with van der Waals surface area (Å²) in [4.78, 5) is 36.5. The van der Waals surface area contributed by atoms with Crippen LogP contribution in [0.25, 0.3) is 28.2 Å². The van der Waals surface area contributed by atoms with Crippen LogP contribution >= 0.6 is 0 Å². The molecule has 4 rings (SSSR count). The first-order valence-electron chi connectivity index (χ1n) is 9.75. The fourth-order valence-corrected chi connectivity index (χ4v) is 3.35. The van der Waals surface area contributed by atoms with Crippen LogP contribution in [0.5, 0.6) is 17.2 Å². The summed E-state index contributed by atoms with van der Waals surface area (Å²) in [7, 11) is 3.01. The molecule has 1 amide bonds. The molecule has 0 saturated carbocycles. The van der Waals surface area contributed by atoms with Gasteiger partial charge in [-0.2, -0.15) is 0 Å². The SMILES string of the molecule is CCOc1ccc(-c2nc(C(N)=O)c3[nH]c(=O)n(-c4ccc(OC)cc4OC)c3n2)cc1.